The van der Waals surface area contributed by atoms with Gasteiger partial charge in [-0.05, 0) is 29.2 Å². The van der Waals surface area contributed by atoms with E-state index in [0.29, 0.717) is 18.0 Å². The van der Waals surface area contributed by atoms with Crippen LogP contribution in [0.25, 0.3) is 0 Å². The molecule has 0 unspecified atom stereocenters. The molecule has 1 amide bonds. The van der Waals surface area contributed by atoms with Gasteiger partial charge < -0.3 is 4.90 Å². The normalized spacial score (nSPS) is 10.7. The molecule has 0 N–H and O–H groups in total. The van der Waals surface area contributed by atoms with Crippen molar-refractivity contribution in [3.05, 3.63) is 65.2 Å². The van der Waals surface area contributed by atoms with Crippen LogP contribution in [-0.4, -0.2) is 22.8 Å². The summed E-state index contributed by atoms with van der Waals surface area (Å²) in [4.78, 5) is 17.3. The molecule has 1 heterocycles. The summed E-state index contributed by atoms with van der Waals surface area (Å²) in [6.07, 6.45) is 1.26. The highest BCUT2D eigenvalue weighted by Crippen LogP contribution is 2.16. The Kier molecular flexibility index (Phi) is 4.68. The van der Waals surface area contributed by atoms with Crippen molar-refractivity contribution in [3.8, 4) is 0 Å². The molecule has 0 atom stereocenters. The SMILES string of the molecule is CC(C)c1ccc(CN(C)C(=O)c2ccc(F)nc2)cc1. The molecule has 2 rings (SSSR count). The lowest BCUT2D eigenvalue weighted by atomic mass is 10.0. The molecule has 2 aromatic rings. The summed E-state index contributed by atoms with van der Waals surface area (Å²) >= 11 is 0. The molecule has 0 aliphatic rings. The van der Waals surface area contributed by atoms with Crippen molar-refractivity contribution in [2.75, 3.05) is 7.05 Å². The predicted molar refractivity (Wildman–Crippen MR) is 80.5 cm³/mol. The van der Waals surface area contributed by atoms with Crippen LogP contribution < -0.4 is 0 Å². The smallest absolute Gasteiger partial charge is 0.255 e. The second-order valence-corrected chi connectivity index (χ2v) is 5.43. The minimum Gasteiger partial charge on any atom is -0.337 e. The maximum atomic E-state index is 12.8. The third kappa shape index (κ3) is 3.88. The first kappa shape index (κ1) is 15.2. The van der Waals surface area contributed by atoms with Gasteiger partial charge in [-0.2, -0.15) is 4.39 Å². The van der Waals surface area contributed by atoms with Crippen LogP contribution in [0.5, 0.6) is 0 Å². The van der Waals surface area contributed by atoms with Gasteiger partial charge in [0.1, 0.15) is 0 Å². The Hall–Kier alpha value is -2.23. The number of amides is 1. The van der Waals surface area contributed by atoms with Crippen LogP contribution >= 0.6 is 0 Å². The van der Waals surface area contributed by atoms with Gasteiger partial charge in [0.05, 0.1) is 5.56 Å². The molecule has 21 heavy (non-hydrogen) atoms. The van der Waals surface area contributed by atoms with Crippen molar-refractivity contribution in [3.63, 3.8) is 0 Å². The highest BCUT2D eigenvalue weighted by molar-refractivity contribution is 5.93. The monoisotopic (exact) mass is 286 g/mol. The molecule has 1 aromatic carbocycles. The van der Waals surface area contributed by atoms with E-state index >= 15 is 0 Å². The van der Waals surface area contributed by atoms with Gasteiger partial charge in [-0.15, -0.1) is 0 Å². The molecule has 0 aliphatic heterocycles. The summed E-state index contributed by atoms with van der Waals surface area (Å²) in [5, 5.41) is 0. The first-order valence-corrected chi connectivity index (χ1v) is 6.93. The standard InChI is InChI=1S/C17H19FN2O/c1-12(2)14-6-4-13(5-7-14)11-20(3)17(21)15-8-9-16(18)19-10-15/h4-10,12H,11H2,1-3H3. The zero-order valence-corrected chi connectivity index (χ0v) is 12.5. The number of hydrogen-bond acceptors (Lipinski definition) is 2. The van der Waals surface area contributed by atoms with Gasteiger partial charge in [-0.1, -0.05) is 38.1 Å². The molecule has 0 fully saturated rings. The Morgan fingerprint density at radius 3 is 2.38 bits per heavy atom. The highest BCUT2D eigenvalue weighted by atomic mass is 19.1. The summed E-state index contributed by atoms with van der Waals surface area (Å²) in [6, 6.07) is 10.9. The highest BCUT2D eigenvalue weighted by Gasteiger charge is 2.12. The Labute approximate surface area is 124 Å². The molecule has 0 saturated heterocycles. The van der Waals surface area contributed by atoms with E-state index in [4.69, 9.17) is 0 Å². The first-order chi connectivity index (χ1) is 9.97. The first-order valence-electron chi connectivity index (χ1n) is 6.93. The van der Waals surface area contributed by atoms with Crippen LogP contribution in [0.3, 0.4) is 0 Å². The average Bonchev–Trinajstić information content (AvgIpc) is 2.47. The number of rotatable bonds is 4. The third-order valence-electron chi connectivity index (χ3n) is 3.39. The van der Waals surface area contributed by atoms with Crippen LogP contribution in [0, 0.1) is 5.95 Å². The topological polar surface area (TPSA) is 33.2 Å². The number of nitrogens with zero attached hydrogens (tertiary/aromatic N) is 2. The second kappa shape index (κ2) is 6.48. The van der Waals surface area contributed by atoms with E-state index in [0.717, 1.165) is 5.56 Å². The molecule has 1 aromatic heterocycles. The van der Waals surface area contributed by atoms with Gasteiger partial charge in [0.2, 0.25) is 5.95 Å². The van der Waals surface area contributed by atoms with E-state index in [1.54, 1.807) is 11.9 Å². The molecular formula is C17H19FN2O. The molecular weight excluding hydrogens is 267 g/mol. The fourth-order valence-electron chi connectivity index (χ4n) is 2.08. The summed E-state index contributed by atoms with van der Waals surface area (Å²) in [5.41, 5.74) is 2.72. The largest absolute Gasteiger partial charge is 0.337 e. The number of carbonyl (C=O) groups is 1. The van der Waals surface area contributed by atoms with Crippen LogP contribution in [0.4, 0.5) is 4.39 Å². The van der Waals surface area contributed by atoms with E-state index in [-0.39, 0.29) is 5.91 Å². The summed E-state index contributed by atoms with van der Waals surface area (Å²) < 4.78 is 12.8. The number of pyridine rings is 1. The summed E-state index contributed by atoms with van der Waals surface area (Å²) in [6.45, 7) is 4.80. The van der Waals surface area contributed by atoms with Crippen molar-refractivity contribution in [2.45, 2.75) is 26.3 Å². The summed E-state index contributed by atoms with van der Waals surface area (Å²) in [5.74, 6) is -0.266. The number of hydrogen-bond donors (Lipinski definition) is 0. The number of benzene rings is 1. The maximum Gasteiger partial charge on any atom is 0.255 e. The Morgan fingerprint density at radius 2 is 1.86 bits per heavy atom. The van der Waals surface area contributed by atoms with Crippen molar-refractivity contribution in [1.29, 1.82) is 0 Å². The number of carbonyl (C=O) groups excluding carboxylic acids is 1. The van der Waals surface area contributed by atoms with Gasteiger partial charge in [0.15, 0.2) is 0 Å². The lowest BCUT2D eigenvalue weighted by molar-refractivity contribution is 0.0784. The Morgan fingerprint density at radius 1 is 1.19 bits per heavy atom. The Bertz CT molecular complexity index is 606. The minimum absolute atomic E-state index is 0.171. The number of aromatic nitrogens is 1. The molecule has 0 bridgehead atoms. The molecule has 0 radical (unpaired) electrons. The van der Waals surface area contributed by atoms with Crippen molar-refractivity contribution in [1.82, 2.24) is 9.88 Å². The van der Waals surface area contributed by atoms with E-state index < -0.39 is 5.95 Å². The van der Waals surface area contributed by atoms with E-state index in [9.17, 15) is 9.18 Å². The van der Waals surface area contributed by atoms with E-state index in [1.165, 1.54) is 23.9 Å². The maximum absolute atomic E-state index is 12.8. The number of halogens is 1. The molecule has 4 heteroatoms. The third-order valence-corrected chi connectivity index (χ3v) is 3.39. The van der Waals surface area contributed by atoms with Gasteiger partial charge in [-0.3, -0.25) is 4.79 Å². The van der Waals surface area contributed by atoms with Crippen LogP contribution in [0.15, 0.2) is 42.6 Å². The van der Waals surface area contributed by atoms with Gasteiger partial charge in [0.25, 0.3) is 5.91 Å². The average molecular weight is 286 g/mol. The molecule has 3 nitrogen and oxygen atoms in total. The predicted octanol–water partition coefficient (Wildman–Crippen LogP) is 3.62. The van der Waals surface area contributed by atoms with Crippen molar-refractivity contribution >= 4 is 5.91 Å². The quantitative estimate of drug-likeness (QED) is 0.804. The zero-order valence-electron chi connectivity index (χ0n) is 12.5. The lowest BCUT2D eigenvalue weighted by Crippen LogP contribution is -2.26. The van der Waals surface area contributed by atoms with E-state index in [1.807, 2.05) is 12.1 Å². The van der Waals surface area contributed by atoms with Crippen molar-refractivity contribution < 1.29 is 9.18 Å². The van der Waals surface area contributed by atoms with Crippen LogP contribution in [0.1, 0.15) is 41.3 Å². The Balaban J connectivity index is 2.05. The van der Waals surface area contributed by atoms with Crippen LogP contribution in [0.2, 0.25) is 0 Å². The second-order valence-electron chi connectivity index (χ2n) is 5.43. The zero-order chi connectivity index (χ0) is 15.4. The van der Waals surface area contributed by atoms with Gasteiger partial charge in [-0.25, -0.2) is 4.98 Å². The van der Waals surface area contributed by atoms with Gasteiger partial charge in [0, 0.05) is 19.8 Å². The van der Waals surface area contributed by atoms with Crippen molar-refractivity contribution in [2.24, 2.45) is 0 Å². The lowest BCUT2D eigenvalue weighted by Gasteiger charge is -2.17. The van der Waals surface area contributed by atoms with Gasteiger partial charge >= 0.3 is 0 Å². The molecule has 0 spiro atoms. The minimum atomic E-state index is -0.585. The molecule has 0 aliphatic carbocycles. The fraction of sp³-hybridized carbons (Fsp3) is 0.294. The molecule has 0 saturated carbocycles. The van der Waals surface area contributed by atoms with E-state index in [2.05, 4.69) is 31.0 Å². The fourth-order valence-corrected chi connectivity index (χ4v) is 2.08. The van der Waals surface area contributed by atoms with Crippen LogP contribution in [-0.2, 0) is 6.54 Å². The molecule has 110 valence electrons. The summed E-state index contributed by atoms with van der Waals surface area (Å²) in [7, 11) is 1.72.